The van der Waals surface area contributed by atoms with Crippen LogP contribution in [0.15, 0.2) is 75.8 Å². The number of pyridine rings is 1. The number of hydrogen-bond acceptors (Lipinski definition) is 4. The molecular weight excluding hydrogens is 480 g/mol. The van der Waals surface area contributed by atoms with Crippen molar-refractivity contribution in [1.82, 2.24) is 9.97 Å². The molecule has 1 N–H and O–H groups in total. The second kappa shape index (κ2) is 8.53. The molecule has 0 aliphatic heterocycles. The van der Waals surface area contributed by atoms with Gasteiger partial charge in [-0.2, -0.15) is 0 Å². The fraction of sp³-hybridized carbons (Fsp3) is 0. The van der Waals surface area contributed by atoms with Gasteiger partial charge in [-0.15, -0.1) is 11.3 Å². The van der Waals surface area contributed by atoms with E-state index < -0.39 is 5.97 Å². The van der Waals surface area contributed by atoms with Crippen LogP contribution in [0.5, 0.6) is 0 Å². The average Bonchev–Trinajstić information content (AvgIpc) is 3.07. The molecule has 0 atom stereocenters. The van der Waals surface area contributed by atoms with E-state index in [9.17, 15) is 4.79 Å². The molecule has 0 radical (unpaired) electrons. The molecule has 0 saturated carbocycles. The molecule has 0 fully saturated rings. The summed E-state index contributed by atoms with van der Waals surface area (Å²) in [6.07, 6.45) is 1.77. The van der Waals surface area contributed by atoms with E-state index in [1.54, 1.807) is 41.8 Å². The van der Waals surface area contributed by atoms with Crippen LogP contribution in [0.25, 0.3) is 20.9 Å². The summed E-state index contributed by atoms with van der Waals surface area (Å²) in [5, 5.41) is 9.48. The Labute approximate surface area is 170 Å². The largest absolute Gasteiger partial charge is 0.478 e. The highest BCUT2D eigenvalue weighted by atomic mass is 79.9. The van der Waals surface area contributed by atoms with Gasteiger partial charge in [0.15, 0.2) is 5.65 Å². The third-order valence-corrected chi connectivity index (χ3v) is 5.46. The maximum atomic E-state index is 10.3. The van der Waals surface area contributed by atoms with Gasteiger partial charge in [0.2, 0.25) is 0 Å². The normalized spacial score (nSPS) is 10.2. The number of aromatic nitrogens is 2. The fourth-order valence-electron chi connectivity index (χ4n) is 2.08. The van der Waals surface area contributed by atoms with Crippen LogP contribution in [0.1, 0.15) is 10.4 Å². The van der Waals surface area contributed by atoms with Crippen LogP contribution < -0.4 is 0 Å². The number of nitrogens with zero attached hydrogens (tertiary/aromatic N) is 2. The van der Waals surface area contributed by atoms with Crippen molar-refractivity contribution in [1.29, 1.82) is 0 Å². The van der Waals surface area contributed by atoms with Crippen molar-refractivity contribution in [2.45, 2.75) is 0 Å². The van der Waals surface area contributed by atoms with Gasteiger partial charge >= 0.3 is 5.97 Å². The van der Waals surface area contributed by atoms with E-state index in [-0.39, 0.29) is 0 Å². The number of thiazole rings is 1. The van der Waals surface area contributed by atoms with Gasteiger partial charge in [-0.3, -0.25) is 0 Å². The number of aromatic carboxylic acids is 1. The van der Waals surface area contributed by atoms with Gasteiger partial charge in [-0.05, 0) is 48.5 Å². The van der Waals surface area contributed by atoms with Crippen LogP contribution in [0, 0.1) is 0 Å². The molecule has 7 heteroatoms. The van der Waals surface area contributed by atoms with Crippen molar-refractivity contribution in [3.8, 4) is 10.6 Å². The molecule has 4 nitrogen and oxygen atoms in total. The van der Waals surface area contributed by atoms with E-state index in [1.165, 1.54) is 0 Å². The first kappa shape index (κ1) is 18.7. The summed E-state index contributed by atoms with van der Waals surface area (Å²) in [7, 11) is 0. The predicted molar refractivity (Wildman–Crippen MR) is 112 cm³/mol. The lowest BCUT2D eigenvalue weighted by Gasteiger charge is -1.94. The van der Waals surface area contributed by atoms with Gasteiger partial charge in [-0.25, -0.2) is 14.8 Å². The third-order valence-electron chi connectivity index (χ3n) is 3.35. The third kappa shape index (κ3) is 4.75. The van der Waals surface area contributed by atoms with E-state index in [0.717, 1.165) is 29.9 Å². The fourth-order valence-corrected chi connectivity index (χ4v) is 3.54. The second-order valence-electron chi connectivity index (χ2n) is 5.16. The molecule has 0 saturated heterocycles. The maximum absolute atomic E-state index is 10.3. The zero-order valence-corrected chi connectivity index (χ0v) is 17.3. The molecule has 0 unspecified atom stereocenters. The highest BCUT2D eigenvalue weighted by molar-refractivity contribution is 9.10. The lowest BCUT2D eigenvalue weighted by atomic mass is 10.2. The lowest BCUT2D eigenvalue weighted by molar-refractivity contribution is 0.0697. The van der Waals surface area contributed by atoms with E-state index in [0.29, 0.717) is 5.56 Å². The average molecular weight is 492 g/mol. The summed E-state index contributed by atoms with van der Waals surface area (Å²) in [5.74, 6) is -0.896. The van der Waals surface area contributed by atoms with Gasteiger partial charge < -0.3 is 5.11 Å². The number of rotatable bonds is 2. The van der Waals surface area contributed by atoms with Crippen LogP contribution in [0.2, 0.25) is 0 Å². The van der Waals surface area contributed by atoms with Gasteiger partial charge in [0.05, 0.1) is 10.3 Å². The van der Waals surface area contributed by atoms with E-state index >= 15 is 0 Å². The Balaban J connectivity index is 0.000000170. The zero-order valence-electron chi connectivity index (χ0n) is 13.3. The molecule has 2 aromatic heterocycles. The van der Waals surface area contributed by atoms with Crippen LogP contribution in [0.4, 0.5) is 0 Å². The number of fused-ring (bicyclic) bond motifs is 1. The Morgan fingerprint density at radius 2 is 1.54 bits per heavy atom. The van der Waals surface area contributed by atoms with Gasteiger partial charge in [0, 0.05) is 20.7 Å². The minimum Gasteiger partial charge on any atom is -0.478 e. The Bertz CT molecular complexity index is 999. The SMILES string of the molecule is Brc1ccc(-c2nc3ncccc3s2)cc1.O=C(O)c1ccc(Br)cc1. The number of halogens is 2. The summed E-state index contributed by atoms with van der Waals surface area (Å²) in [6.45, 7) is 0. The van der Waals surface area contributed by atoms with Crippen molar-refractivity contribution < 1.29 is 9.90 Å². The molecule has 0 aliphatic carbocycles. The van der Waals surface area contributed by atoms with Crippen molar-refractivity contribution in [3.05, 3.63) is 81.4 Å². The molecule has 26 heavy (non-hydrogen) atoms. The molecule has 2 heterocycles. The maximum Gasteiger partial charge on any atom is 0.335 e. The number of carboxylic acids is 1. The predicted octanol–water partition coefficient (Wildman–Crippen LogP) is 6.27. The molecule has 130 valence electrons. The molecule has 0 aliphatic rings. The summed E-state index contributed by atoms with van der Waals surface area (Å²) in [6, 6.07) is 18.6. The first-order valence-electron chi connectivity index (χ1n) is 7.49. The summed E-state index contributed by atoms with van der Waals surface area (Å²) in [4.78, 5) is 19.0. The topological polar surface area (TPSA) is 63.1 Å². The van der Waals surface area contributed by atoms with Gasteiger partial charge in [0.25, 0.3) is 0 Å². The molecule has 2 aromatic carbocycles. The number of benzene rings is 2. The number of carboxylic acid groups (broad SMARTS) is 1. The summed E-state index contributed by atoms with van der Waals surface area (Å²) >= 11 is 8.29. The van der Waals surface area contributed by atoms with Crippen molar-refractivity contribution >= 4 is 59.5 Å². The number of carbonyl (C=O) groups is 1. The minimum atomic E-state index is -0.896. The van der Waals surface area contributed by atoms with Gasteiger partial charge in [-0.1, -0.05) is 44.0 Å². The second-order valence-corrected chi connectivity index (χ2v) is 8.03. The minimum absolute atomic E-state index is 0.309. The van der Waals surface area contributed by atoms with E-state index in [2.05, 4.69) is 54.0 Å². The Kier molecular flexibility index (Phi) is 6.13. The molecule has 0 bridgehead atoms. The van der Waals surface area contributed by atoms with Crippen LogP contribution in [-0.4, -0.2) is 21.0 Å². The Morgan fingerprint density at radius 1 is 0.923 bits per heavy atom. The molecule has 4 rings (SSSR count). The highest BCUT2D eigenvalue weighted by Gasteiger charge is 2.05. The van der Waals surface area contributed by atoms with Crippen molar-refractivity contribution in [2.24, 2.45) is 0 Å². The standard InChI is InChI=1S/C12H7BrN2S.C7H5BrO2/c13-9-5-3-8(4-6-9)12-15-11-10(16-12)2-1-7-14-11;8-6-3-1-5(2-4-6)7(9)10/h1-7H;1-4H,(H,9,10). The Hall–Kier alpha value is -2.09. The highest BCUT2D eigenvalue weighted by Crippen LogP contribution is 2.29. The van der Waals surface area contributed by atoms with Crippen LogP contribution >= 0.6 is 43.2 Å². The Morgan fingerprint density at radius 3 is 2.12 bits per heavy atom. The zero-order chi connectivity index (χ0) is 18.5. The summed E-state index contributed by atoms with van der Waals surface area (Å²) in [5.41, 5.74) is 2.26. The number of hydrogen-bond donors (Lipinski definition) is 1. The molecule has 4 aromatic rings. The molecular formula is C19H12Br2N2O2S. The first-order chi connectivity index (χ1) is 12.5. The smallest absolute Gasteiger partial charge is 0.335 e. The first-order valence-corrected chi connectivity index (χ1v) is 9.89. The summed E-state index contributed by atoms with van der Waals surface area (Å²) < 4.78 is 3.09. The van der Waals surface area contributed by atoms with E-state index in [1.807, 2.05) is 24.3 Å². The monoisotopic (exact) mass is 490 g/mol. The molecule has 0 amide bonds. The van der Waals surface area contributed by atoms with Crippen LogP contribution in [-0.2, 0) is 0 Å². The van der Waals surface area contributed by atoms with Crippen molar-refractivity contribution in [2.75, 3.05) is 0 Å². The lowest BCUT2D eigenvalue weighted by Crippen LogP contribution is -1.94. The van der Waals surface area contributed by atoms with Gasteiger partial charge in [0.1, 0.15) is 5.01 Å². The van der Waals surface area contributed by atoms with E-state index in [4.69, 9.17) is 5.11 Å². The van der Waals surface area contributed by atoms with Crippen molar-refractivity contribution in [3.63, 3.8) is 0 Å². The van der Waals surface area contributed by atoms with Crippen LogP contribution in [0.3, 0.4) is 0 Å². The quantitative estimate of drug-likeness (QED) is 0.359. The molecule has 0 spiro atoms.